The fourth-order valence-electron chi connectivity index (χ4n) is 1.17. The molecule has 0 N–H and O–H groups in total. The van der Waals surface area contributed by atoms with Crippen LogP contribution in [0.25, 0.3) is 0 Å². The minimum absolute atomic E-state index is 0.0177. The molecule has 0 radical (unpaired) electrons. The lowest BCUT2D eigenvalue weighted by molar-refractivity contribution is -0.109. The van der Waals surface area contributed by atoms with Gasteiger partial charge in [-0.1, -0.05) is 33.8 Å². The second-order valence-corrected chi connectivity index (χ2v) is 10.7. The van der Waals surface area contributed by atoms with Gasteiger partial charge in [0.05, 0.1) is 6.10 Å². The maximum Gasteiger partial charge on any atom is 0.192 e. The Labute approximate surface area is 101 Å². The summed E-state index contributed by atoms with van der Waals surface area (Å²) in [5.74, 6) is 0.222. The maximum absolute atomic E-state index is 10.7. The van der Waals surface area contributed by atoms with Crippen molar-refractivity contribution in [2.75, 3.05) is 0 Å². The van der Waals surface area contributed by atoms with Crippen molar-refractivity contribution in [3.05, 3.63) is 12.7 Å². The number of carbonyl (C=O) groups excluding carboxylic acids is 1. The average Bonchev–Trinajstić information content (AvgIpc) is 2.14. The Bertz CT molecular complexity index is 241. The van der Waals surface area contributed by atoms with Crippen LogP contribution in [0.1, 0.15) is 34.1 Å². The molecule has 0 aliphatic rings. The summed E-state index contributed by atoms with van der Waals surface area (Å²) in [4.78, 5) is 10.7. The van der Waals surface area contributed by atoms with E-state index in [-0.39, 0.29) is 17.1 Å². The van der Waals surface area contributed by atoms with E-state index in [9.17, 15) is 4.79 Å². The molecule has 0 aromatic carbocycles. The lowest BCUT2D eigenvalue weighted by atomic mass is 10.0. The Balaban J connectivity index is 4.74. The number of hydrogen-bond acceptors (Lipinski definition) is 2. The monoisotopic (exact) mass is 242 g/mol. The Morgan fingerprint density at radius 3 is 2.19 bits per heavy atom. The van der Waals surface area contributed by atoms with Crippen LogP contribution in [-0.4, -0.2) is 20.7 Å². The van der Waals surface area contributed by atoms with Gasteiger partial charge in [0, 0.05) is 6.42 Å². The number of hydrogen-bond donors (Lipinski definition) is 0. The molecule has 16 heavy (non-hydrogen) atoms. The zero-order chi connectivity index (χ0) is 13.0. The van der Waals surface area contributed by atoms with Crippen LogP contribution in [0.2, 0.25) is 18.1 Å². The van der Waals surface area contributed by atoms with Gasteiger partial charge in [0.2, 0.25) is 0 Å². The van der Waals surface area contributed by atoms with E-state index >= 15 is 0 Å². The van der Waals surface area contributed by atoms with E-state index in [4.69, 9.17) is 4.43 Å². The third-order valence-electron chi connectivity index (χ3n) is 3.54. The largest absolute Gasteiger partial charge is 0.413 e. The summed E-state index contributed by atoms with van der Waals surface area (Å²) in [6.45, 7) is 16.9. The zero-order valence-electron chi connectivity index (χ0n) is 11.5. The topological polar surface area (TPSA) is 26.3 Å². The van der Waals surface area contributed by atoms with Crippen molar-refractivity contribution < 1.29 is 9.22 Å². The van der Waals surface area contributed by atoms with Crippen molar-refractivity contribution in [1.82, 2.24) is 0 Å². The quantitative estimate of drug-likeness (QED) is 0.402. The molecular formula is C13H26O2Si. The third kappa shape index (κ3) is 4.22. The van der Waals surface area contributed by atoms with Crippen molar-refractivity contribution in [1.29, 1.82) is 0 Å². The van der Waals surface area contributed by atoms with E-state index < -0.39 is 8.32 Å². The van der Waals surface area contributed by atoms with Crippen LogP contribution in [0.5, 0.6) is 0 Å². The molecule has 0 bridgehead atoms. The standard InChI is InChI=1S/C13H26O2Si/c1-8-11(2)12(9-10-14)15-16(6,7)13(3,4)5/h8,10-12H,1,9H2,2-7H3/t11-,12+/m1/s1. The van der Waals surface area contributed by atoms with Gasteiger partial charge < -0.3 is 9.22 Å². The molecule has 0 rings (SSSR count). The summed E-state index contributed by atoms with van der Waals surface area (Å²) in [6, 6.07) is 0. The molecule has 0 aromatic rings. The number of aldehydes is 1. The van der Waals surface area contributed by atoms with Gasteiger partial charge in [0.25, 0.3) is 0 Å². The van der Waals surface area contributed by atoms with Crippen LogP contribution >= 0.6 is 0 Å². The molecule has 0 saturated heterocycles. The van der Waals surface area contributed by atoms with Gasteiger partial charge in [-0.25, -0.2) is 0 Å². The minimum atomic E-state index is -1.79. The maximum atomic E-state index is 10.7. The molecule has 0 spiro atoms. The molecule has 0 aliphatic carbocycles. The fraction of sp³-hybridized carbons (Fsp3) is 0.769. The van der Waals surface area contributed by atoms with Crippen LogP contribution in [0, 0.1) is 5.92 Å². The smallest absolute Gasteiger partial charge is 0.192 e. The lowest BCUT2D eigenvalue weighted by Crippen LogP contribution is -2.45. The molecule has 0 saturated carbocycles. The molecular weight excluding hydrogens is 216 g/mol. The Morgan fingerprint density at radius 1 is 1.38 bits per heavy atom. The van der Waals surface area contributed by atoms with Gasteiger partial charge in [-0.05, 0) is 24.1 Å². The van der Waals surface area contributed by atoms with Gasteiger partial charge in [0.15, 0.2) is 8.32 Å². The van der Waals surface area contributed by atoms with Gasteiger partial charge in [-0.3, -0.25) is 0 Å². The lowest BCUT2D eigenvalue weighted by Gasteiger charge is -2.40. The van der Waals surface area contributed by atoms with E-state index in [2.05, 4.69) is 40.4 Å². The highest BCUT2D eigenvalue weighted by molar-refractivity contribution is 6.74. The van der Waals surface area contributed by atoms with Crippen molar-refractivity contribution >= 4 is 14.6 Å². The van der Waals surface area contributed by atoms with Crippen LogP contribution in [0.15, 0.2) is 12.7 Å². The highest BCUT2D eigenvalue weighted by Gasteiger charge is 2.39. The highest BCUT2D eigenvalue weighted by atomic mass is 28.4. The summed E-state index contributed by atoms with van der Waals surface area (Å²) in [6.07, 6.45) is 3.25. The van der Waals surface area contributed by atoms with Gasteiger partial charge in [-0.2, -0.15) is 0 Å². The molecule has 2 atom stereocenters. The number of rotatable bonds is 6. The molecule has 0 unspecified atom stereocenters. The van der Waals surface area contributed by atoms with E-state index in [1.165, 1.54) is 0 Å². The molecule has 0 aliphatic heterocycles. The van der Waals surface area contributed by atoms with E-state index in [0.717, 1.165) is 6.29 Å². The van der Waals surface area contributed by atoms with Crippen molar-refractivity contribution in [3.63, 3.8) is 0 Å². The summed E-state index contributed by atoms with van der Waals surface area (Å²) in [7, 11) is -1.79. The van der Waals surface area contributed by atoms with Crippen LogP contribution in [0.4, 0.5) is 0 Å². The SMILES string of the molecule is C=C[C@@H](C)[C@H](CC=O)O[Si](C)(C)C(C)(C)C. The van der Waals surface area contributed by atoms with Crippen LogP contribution in [-0.2, 0) is 9.22 Å². The van der Waals surface area contributed by atoms with Crippen LogP contribution < -0.4 is 0 Å². The molecule has 0 fully saturated rings. The van der Waals surface area contributed by atoms with E-state index in [1.54, 1.807) is 0 Å². The normalized spacial score (nSPS) is 16.6. The predicted molar refractivity (Wildman–Crippen MR) is 72.1 cm³/mol. The summed E-state index contributed by atoms with van der Waals surface area (Å²) in [5, 5.41) is 0.176. The van der Waals surface area contributed by atoms with Gasteiger partial charge in [0.1, 0.15) is 6.29 Å². The van der Waals surface area contributed by atoms with E-state index in [1.807, 2.05) is 13.0 Å². The fourth-order valence-corrected chi connectivity index (χ4v) is 2.59. The molecule has 94 valence electrons. The highest BCUT2D eigenvalue weighted by Crippen LogP contribution is 2.38. The second kappa shape index (κ2) is 5.78. The predicted octanol–water partition coefficient (Wildman–Crippen LogP) is 3.79. The molecule has 3 heteroatoms. The molecule has 2 nitrogen and oxygen atoms in total. The zero-order valence-corrected chi connectivity index (χ0v) is 12.5. The minimum Gasteiger partial charge on any atom is -0.413 e. The number of carbonyl (C=O) groups is 1. The van der Waals surface area contributed by atoms with Crippen molar-refractivity contribution in [3.8, 4) is 0 Å². The van der Waals surface area contributed by atoms with Gasteiger partial charge in [-0.15, -0.1) is 6.58 Å². The molecule has 0 amide bonds. The summed E-state index contributed by atoms with van der Waals surface area (Å²) in [5.41, 5.74) is 0. The second-order valence-electron chi connectivity index (χ2n) is 5.91. The summed E-state index contributed by atoms with van der Waals surface area (Å²) < 4.78 is 6.23. The first-order valence-corrected chi connectivity index (χ1v) is 8.80. The Morgan fingerprint density at radius 2 is 1.88 bits per heavy atom. The Kier molecular flexibility index (Phi) is 5.63. The van der Waals surface area contributed by atoms with Crippen molar-refractivity contribution in [2.45, 2.75) is 58.4 Å². The molecule has 0 aromatic heterocycles. The Hall–Kier alpha value is -0.413. The van der Waals surface area contributed by atoms with Gasteiger partial charge >= 0.3 is 0 Å². The van der Waals surface area contributed by atoms with E-state index in [0.29, 0.717) is 6.42 Å². The first-order valence-electron chi connectivity index (χ1n) is 5.89. The molecule has 0 heterocycles. The van der Waals surface area contributed by atoms with Crippen LogP contribution in [0.3, 0.4) is 0 Å². The first kappa shape index (κ1) is 15.6. The average molecular weight is 242 g/mol. The third-order valence-corrected chi connectivity index (χ3v) is 8.04. The van der Waals surface area contributed by atoms with Crippen molar-refractivity contribution in [2.24, 2.45) is 5.92 Å². The summed E-state index contributed by atoms with van der Waals surface area (Å²) >= 11 is 0. The first-order chi connectivity index (χ1) is 7.15.